The molecular weight excluding hydrogens is 282 g/mol. The van der Waals surface area contributed by atoms with Crippen LogP contribution in [-0.4, -0.2) is 33.9 Å². The van der Waals surface area contributed by atoms with Crippen molar-refractivity contribution in [2.75, 3.05) is 5.32 Å². The van der Waals surface area contributed by atoms with Gasteiger partial charge in [0, 0.05) is 12.5 Å². The van der Waals surface area contributed by atoms with E-state index in [2.05, 4.69) is 10.6 Å². The first-order chi connectivity index (χ1) is 9.88. The molecule has 2 rings (SSSR count). The minimum absolute atomic E-state index is 0.115. The van der Waals surface area contributed by atoms with Gasteiger partial charge in [-0.15, -0.1) is 0 Å². The fourth-order valence-electron chi connectivity index (χ4n) is 1.95. The lowest BCUT2D eigenvalue weighted by Gasteiger charge is -2.11. The van der Waals surface area contributed by atoms with Gasteiger partial charge in [0.05, 0.1) is 10.5 Å². The number of hydrogen-bond acceptors (Lipinski definition) is 5. The zero-order valence-electron chi connectivity index (χ0n) is 10.7. The van der Waals surface area contributed by atoms with E-state index in [0.717, 1.165) is 18.2 Å². The quantitative estimate of drug-likeness (QED) is 0.546. The Morgan fingerprint density at radius 2 is 2.14 bits per heavy atom. The maximum absolute atomic E-state index is 11.9. The standard InChI is InChI=1S/C12H11N3O6/c16-10-4-3-8(13-10)11(17)14-7-2-1-6(12(18)19)5-9(7)15(20)21/h1-2,5,8H,3-4H2,(H,13,16)(H,14,17)(H,18,19). The second-order valence-corrected chi connectivity index (χ2v) is 4.44. The molecule has 1 unspecified atom stereocenters. The summed E-state index contributed by atoms with van der Waals surface area (Å²) >= 11 is 0. The molecule has 1 aliphatic heterocycles. The van der Waals surface area contributed by atoms with Crippen molar-refractivity contribution < 1.29 is 24.4 Å². The highest BCUT2D eigenvalue weighted by molar-refractivity contribution is 6.01. The average molecular weight is 293 g/mol. The van der Waals surface area contributed by atoms with Crippen molar-refractivity contribution >= 4 is 29.2 Å². The number of rotatable bonds is 4. The van der Waals surface area contributed by atoms with Crippen molar-refractivity contribution in [2.24, 2.45) is 0 Å². The Hall–Kier alpha value is -2.97. The predicted molar refractivity (Wildman–Crippen MR) is 69.9 cm³/mol. The van der Waals surface area contributed by atoms with Crippen molar-refractivity contribution in [3.05, 3.63) is 33.9 Å². The molecule has 0 bridgehead atoms. The lowest BCUT2D eigenvalue weighted by Crippen LogP contribution is -2.37. The van der Waals surface area contributed by atoms with E-state index in [1.165, 1.54) is 0 Å². The average Bonchev–Trinajstić information content (AvgIpc) is 2.85. The molecule has 9 nitrogen and oxygen atoms in total. The molecule has 110 valence electrons. The van der Waals surface area contributed by atoms with Gasteiger partial charge in [0.2, 0.25) is 11.8 Å². The molecule has 2 amide bonds. The van der Waals surface area contributed by atoms with Gasteiger partial charge in [-0.2, -0.15) is 0 Å². The van der Waals surface area contributed by atoms with Gasteiger partial charge < -0.3 is 15.7 Å². The van der Waals surface area contributed by atoms with Gasteiger partial charge in [-0.1, -0.05) is 0 Å². The zero-order valence-corrected chi connectivity index (χ0v) is 10.7. The van der Waals surface area contributed by atoms with E-state index in [0.29, 0.717) is 6.42 Å². The van der Waals surface area contributed by atoms with Crippen LogP contribution in [0.25, 0.3) is 0 Å². The number of aromatic carboxylic acids is 1. The third kappa shape index (κ3) is 3.14. The third-order valence-electron chi connectivity index (χ3n) is 3.01. The van der Waals surface area contributed by atoms with Gasteiger partial charge in [-0.05, 0) is 18.6 Å². The molecule has 3 N–H and O–H groups in total. The van der Waals surface area contributed by atoms with Gasteiger partial charge in [0.25, 0.3) is 5.69 Å². The Morgan fingerprint density at radius 1 is 1.43 bits per heavy atom. The summed E-state index contributed by atoms with van der Waals surface area (Å²) in [4.78, 5) is 43.9. The first kappa shape index (κ1) is 14.4. The second kappa shape index (κ2) is 5.57. The molecule has 0 aromatic heterocycles. The summed E-state index contributed by atoms with van der Waals surface area (Å²) in [5, 5.41) is 24.5. The smallest absolute Gasteiger partial charge is 0.335 e. The second-order valence-electron chi connectivity index (χ2n) is 4.44. The van der Waals surface area contributed by atoms with E-state index in [-0.39, 0.29) is 23.6 Å². The van der Waals surface area contributed by atoms with Crippen LogP contribution in [0.2, 0.25) is 0 Å². The number of carboxylic acids is 1. The van der Waals surface area contributed by atoms with E-state index in [9.17, 15) is 24.5 Å². The van der Waals surface area contributed by atoms with Crippen molar-refractivity contribution in [1.29, 1.82) is 0 Å². The number of nitrogens with zero attached hydrogens (tertiary/aromatic N) is 1. The normalized spacial score (nSPS) is 17.1. The Bertz CT molecular complexity index is 642. The molecule has 0 radical (unpaired) electrons. The summed E-state index contributed by atoms with van der Waals surface area (Å²) in [6.07, 6.45) is 0.532. The molecule has 1 aromatic rings. The maximum Gasteiger partial charge on any atom is 0.335 e. The molecular formula is C12H11N3O6. The van der Waals surface area contributed by atoms with Gasteiger partial charge in [0.1, 0.15) is 11.7 Å². The highest BCUT2D eigenvalue weighted by Crippen LogP contribution is 2.26. The van der Waals surface area contributed by atoms with Crippen LogP contribution < -0.4 is 10.6 Å². The SMILES string of the molecule is O=C1CCC(C(=O)Nc2ccc(C(=O)O)cc2[N+](=O)[O-])N1. The lowest BCUT2D eigenvalue weighted by molar-refractivity contribution is -0.384. The number of nitro benzene ring substituents is 1. The highest BCUT2D eigenvalue weighted by atomic mass is 16.6. The fraction of sp³-hybridized carbons (Fsp3) is 0.250. The summed E-state index contributed by atoms with van der Waals surface area (Å²) in [6, 6.07) is 2.43. The van der Waals surface area contributed by atoms with Crippen LogP contribution in [-0.2, 0) is 9.59 Å². The molecule has 1 fully saturated rings. The van der Waals surface area contributed by atoms with Crippen LogP contribution in [0.3, 0.4) is 0 Å². The summed E-state index contributed by atoms with van der Waals surface area (Å²) in [6.45, 7) is 0. The van der Waals surface area contributed by atoms with Crippen molar-refractivity contribution in [3.63, 3.8) is 0 Å². The summed E-state index contributed by atoms with van der Waals surface area (Å²) < 4.78 is 0. The van der Waals surface area contributed by atoms with Crippen LogP contribution in [0.15, 0.2) is 18.2 Å². The number of amides is 2. The number of carboxylic acid groups (broad SMARTS) is 1. The number of benzene rings is 1. The van der Waals surface area contributed by atoms with Crippen molar-refractivity contribution in [2.45, 2.75) is 18.9 Å². The van der Waals surface area contributed by atoms with Gasteiger partial charge in [-0.3, -0.25) is 19.7 Å². The molecule has 9 heteroatoms. The molecule has 1 aliphatic rings. The van der Waals surface area contributed by atoms with Crippen molar-refractivity contribution in [3.8, 4) is 0 Å². The van der Waals surface area contributed by atoms with Crippen LogP contribution in [0.1, 0.15) is 23.2 Å². The number of anilines is 1. The fourth-order valence-corrected chi connectivity index (χ4v) is 1.95. The lowest BCUT2D eigenvalue weighted by atomic mass is 10.1. The number of carbonyl (C=O) groups excluding carboxylic acids is 2. The summed E-state index contributed by atoms with van der Waals surface area (Å²) in [5.74, 6) is -2.14. The van der Waals surface area contributed by atoms with Gasteiger partial charge >= 0.3 is 5.97 Å². The van der Waals surface area contributed by atoms with Crippen LogP contribution in [0.4, 0.5) is 11.4 Å². The molecule has 0 aliphatic carbocycles. The molecule has 0 saturated carbocycles. The molecule has 1 saturated heterocycles. The summed E-state index contributed by atoms with van der Waals surface area (Å²) in [5.41, 5.74) is -0.891. The molecule has 1 heterocycles. The molecule has 1 aromatic carbocycles. The number of carbonyl (C=O) groups is 3. The highest BCUT2D eigenvalue weighted by Gasteiger charge is 2.28. The molecule has 21 heavy (non-hydrogen) atoms. The topological polar surface area (TPSA) is 139 Å². The Morgan fingerprint density at radius 3 is 2.67 bits per heavy atom. The number of nitrogens with one attached hydrogen (secondary N) is 2. The van der Waals surface area contributed by atoms with Crippen molar-refractivity contribution in [1.82, 2.24) is 5.32 Å². The van der Waals surface area contributed by atoms with E-state index in [4.69, 9.17) is 5.11 Å². The van der Waals surface area contributed by atoms with E-state index in [1.54, 1.807) is 0 Å². The maximum atomic E-state index is 11.9. The summed E-state index contributed by atoms with van der Waals surface area (Å²) in [7, 11) is 0. The van der Waals surface area contributed by atoms with E-state index in [1.807, 2.05) is 0 Å². The molecule has 0 spiro atoms. The zero-order chi connectivity index (χ0) is 15.6. The van der Waals surface area contributed by atoms with Crippen LogP contribution >= 0.6 is 0 Å². The first-order valence-corrected chi connectivity index (χ1v) is 6.00. The predicted octanol–water partition coefficient (Wildman–Crippen LogP) is 0.510. The minimum atomic E-state index is -1.31. The van der Waals surface area contributed by atoms with E-state index < -0.39 is 28.5 Å². The number of nitro groups is 1. The molecule has 1 atom stereocenters. The first-order valence-electron chi connectivity index (χ1n) is 6.00. The Kier molecular flexibility index (Phi) is 3.83. The van der Waals surface area contributed by atoms with Gasteiger partial charge in [0.15, 0.2) is 0 Å². The number of hydrogen-bond donors (Lipinski definition) is 3. The monoisotopic (exact) mass is 293 g/mol. The van der Waals surface area contributed by atoms with Gasteiger partial charge in [-0.25, -0.2) is 4.79 Å². The minimum Gasteiger partial charge on any atom is -0.478 e. The van der Waals surface area contributed by atoms with Crippen LogP contribution in [0.5, 0.6) is 0 Å². The largest absolute Gasteiger partial charge is 0.478 e. The van der Waals surface area contributed by atoms with Crippen LogP contribution in [0, 0.1) is 10.1 Å². The Balaban J connectivity index is 2.23. The Labute approximate surface area is 118 Å². The third-order valence-corrected chi connectivity index (χ3v) is 3.01. The van der Waals surface area contributed by atoms with E-state index >= 15 is 0 Å².